The van der Waals surface area contributed by atoms with Gasteiger partial charge in [0.05, 0.1) is 13.2 Å². The van der Waals surface area contributed by atoms with E-state index in [0.717, 1.165) is 45.8 Å². The van der Waals surface area contributed by atoms with Crippen LogP contribution in [0.2, 0.25) is 0 Å². The Kier molecular flexibility index (Phi) is 5.35. The second kappa shape index (κ2) is 8.04. The van der Waals surface area contributed by atoms with Gasteiger partial charge in [-0.3, -0.25) is 19.8 Å². The van der Waals surface area contributed by atoms with Gasteiger partial charge in [0.25, 0.3) is 0 Å². The van der Waals surface area contributed by atoms with Crippen LogP contribution in [0, 0.1) is 0 Å². The zero-order chi connectivity index (χ0) is 16.9. The molecule has 5 nitrogen and oxygen atoms in total. The molecule has 2 aromatic rings. The lowest BCUT2D eigenvalue weighted by molar-refractivity contribution is 0.00788. The Balaban J connectivity index is 1.52. The fourth-order valence-electron chi connectivity index (χ4n) is 4.18. The highest BCUT2D eigenvalue weighted by molar-refractivity contribution is 5.14. The van der Waals surface area contributed by atoms with E-state index >= 15 is 0 Å². The summed E-state index contributed by atoms with van der Waals surface area (Å²) in [6, 6.07) is 9.56. The molecule has 0 bridgehead atoms. The van der Waals surface area contributed by atoms with Crippen molar-refractivity contribution in [2.45, 2.75) is 31.5 Å². The van der Waals surface area contributed by atoms with Crippen LogP contribution in [0.4, 0.5) is 0 Å². The van der Waals surface area contributed by atoms with Gasteiger partial charge in [0.2, 0.25) is 0 Å². The Hall–Kier alpha value is -1.82. The van der Waals surface area contributed by atoms with Crippen molar-refractivity contribution in [2.24, 2.45) is 0 Å². The Labute approximate surface area is 149 Å². The van der Waals surface area contributed by atoms with Gasteiger partial charge in [-0.1, -0.05) is 12.1 Å². The van der Waals surface area contributed by atoms with Crippen molar-refractivity contribution in [1.29, 1.82) is 0 Å². The van der Waals surface area contributed by atoms with Gasteiger partial charge < -0.3 is 4.74 Å². The number of pyridine rings is 2. The predicted octanol–water partition coefficient (Wildman–Crippen LogP) is 1.99. The number of rotatable bonds is 5. The van der Waals surface area contributed by atoms with Crippen LogP contribution in [0.3, 0.4) is 0 Å². The third-order valence-corrected chi connectivity index (χ3v) is 5.42. The average molecular weight is 338 g/mol. The molecule has 2 aliphatic heterocycles. The molecule has 132 valence electrons. The Morgan fingerprint density at radius 3 is 2.36 bits per heavy atom. The van der Waals surface area contributed by atoms with E-state index in [2.05, 4.69) is 31.9 Å². The summed E-state index contributed by atoms with van der Waals surface area (Å²) in [6.45, 7) is 5.93. The average Bonchev–Trinajstić information content (AvgIpc) is 3.06. The highest BCUT2D eigenvalue weighted by Gasteiger charge is 2.38. The van der Waals surface area contributed by atoms with Crippen molar-refractivity contribution in [1.82, 2.24) is 19.8 Å². The summed E-state index contributed by atoms with van der Waals surface area (Å²) in [4.78, 5) is 13.9. The van der Waals surface area contributed by atoms with Crippen LogP contribution in [0.5, 0.6) is 0 Å². The van der Waals surface area contributed by atoms with Crippen molar-refractivity contribution in [3.05, 3.63) is 60.2 Å². The number of aromatic nitrogens is 2. The summed E-state index contributed by atoms with van der Waals surface area (Å²) >= 11 is 0. The molecule has 2 fully saturated rings. The third-order valence-electron chi connectivity index (χ3n) is 5.42. The fraction of sp³-hybridized carbons (Fsp3) is 0.500. The molecule has 2 atom stereocenters. The Bertz CT molecular complexity index is 645. The van der Waals surface area contributed by atoms with Gasteiger partial charge in [-0.25, -0.2) is 0 Å². The first-order valence-electron chi connectivity index (χ1n) is 9.24. The molecule has 25 heavy (non-hydrogen) atoms. The van der Waals surface area contributed by atoms with Gasteiger partial charge in [-0.05, 0) is 36.1 Å². The van der Waals surface area contributed by atoms with E-state index in [0.29, 0.717) is 12.1 Å². The first kappa shape index (κ1) is 16.6. The highest BCUT2D eigenvalue weighted by Crippen LogP contribution is 2.28. The van der Waals surface area contributed by atoms with Gasteiger partial charge in [-0.15, -0.1) is 0 Å². The van der Waals surface area contributed by atoms with Crippen molar-refractivity contribution >= 4 is 0 Å². The molecule has 2 aromatic heterocycles. The Morgan fingerprint density at radius 1 is 0.960 bits per heavy atom. The second-order valence-electron chi connectivity index (χ2n) is 6.97. The van der Waals surface area contributed by atoms with Crippen LogP contribution in [0.25, 0.3) is 0 Å². The number of hydrogen-bond donors (Lipinski definition) is 0. The topological polar surface area (TPSA) is 41.5 Å². The zero-order valence-corrected chi connectivity index (χ0v) is 14.6. The summed E-state index contributed by atoms with van der Waals surface area (Å²) in [5.74, 6) is 0. The molecule has 0 unspecified atom stereocenters. The van der Waals surface area contributed by atoms with Gasteiger partial charge in [0, 0.05) is 63.1 Å². The molecule has 0 aromatic carbocycles. The van der Waals surface area contributed by atoms with E-state index in [1.54, 1.807) is 0 Å². The molecular formula is C20H26N4O. The minimum Gasteiger partial charge on any atom is -0.379 e. The number of ether oxygens (including phenoxy) is 1. The standard InChI is InChI=1S/C20H26N4O/c1-3-17(14-21-6-1)13-20-19(23-9-11-25-12-10-23)5-8-24(20)16-18-4-2-7-22-15-18/h1-4,6-7,14-15,19-20H,5,8-13,16H2/t19-,20+/m0/s1. The number of hydrogen-bond acceptors (Lipinski definition) is 5. The third kappa shape index (κ3) is 4.06. The van der Waals surface area contributed by atoms with E-state index < -0.39 is 0 Å². The molecule has 4 rings (SSSR count). The molecule has 2 aliphatic rings. The van der Waals surface area contributed by atoms with E-state index in [9.17, 15) is 0 Å². The maximum absolute atomic E-state index is 5.56. The summed E-state index contributed by atoms with van der Waals surface area (Å²) in [6.07, 6.45) is 9.98. The summed E-state index contributed by atoms with van der Waals surface area (Å²) in [5.41, 5.74) is 2.62. The highest BCUT2D eigenvalue weighted by atomic mass is 16.5. The van der Waals surface area contributed by atoms with E-state index in [1.165, 1.54) is 17.5 Å². The van der Waals surface area contributed by atoms with Gasteiger partial charge in [0.1, 0.15) is 0 Å². The lowest BCUT2D eigenvalue weighted by Crippen LogP contribution is -2.50. The van der Waals surface area contributed by atoms with Gasteiger partial charge in [-0.2, -0.15) is 0 Å². The van der Waals surface area contributed by atoms with Crippen molar-refractivity contribution < 1.29 is 4.74 Å². The van der Waals surface area contributed by atoms with Crippen molar-refractivity contribution in [3.63, 3.8) is 0 Å². The molecule has 0 N–H and O–H groups in total. The van der Waals surface area contributed by atoms with E-state index in [4.69, 9.17) is 4.74 Å². The fourth-order valence-corrected chi connectivity index (χ4v) is 4.18. The van der Waals surface area contributed by atoms with Crippen LogP contribution in [-0.4, -0.2) is 64.7 Å². The SMILES string of the molecule is c1cncc(C[C@@H]2[C@@H](N3CCOCC3)CCN2Cc2cccnc2)c1. The summed E-state index contributed by atoms with van der Waals surface area (Å²) < 4.78 is 5.56. The molecule has 0 amide bonds. The minimum absolute atomic E-state index is 0.516. The van der Waals surface area contributed by atoms with Crippen LogP contribution in [0.1, 0.15) is 17.5 Å². The first-order chi connectivity index (χ1) is 12.4. The van der Waals surface area contributed by atoms with Gasteiger partial charge in [0.15, 0.2) is 0 Å². The normalized spacial score (nSPS) is 25.3. The number of morpholine rings is 1. The lowest BCUT2D eigenvalue weighted by atomic mass is 9.99. The molecule has 0 spiro atoms. The van der Waals surface area contributed by atoms with Crippen LogP contribution in [-0.2, 0) is 17.7 Å². The molecule has 0 saturated carbocycles. The quantitative estimate of drug-likeness (QED) is 0.834. The first-order valence-corrected chi connectivity index (χ1v) is 9.24. The molecule has 5 heteroatoms. The summed E-state index contributed by atoms with van der Waals surface area (Å²) in [5, 5.41) is 0. The van der Waals surface area contributed by atoms with Crippen LogP contribution >= 0.6 is 0 Å². The monoisotopic (exact) mass is 338 g/mol. The second-order valence-corrected chi connectivity index (χ2v) is 6.97. The molecule has 0 radical (unpaired) electrons. The smallest absolute Gasteiger partial charge is 0.0594 e. The number of nitrogens with zero attached hydrogens (tertiary/aromatic N) is 4. The van der Waals surface area contributed by atoms with E-state index in [-0.39, 0.29) is 0 Å². The van der Waals surface area contributed by atoms with Gasteiger partial charge >= 0.3 is 0 Å². The van der Waals surface area contributed by atoms with E-state index in [1.807, 2.05) is 36.9 Å². The van der Waals surface area contributed by atoms with Crippen LogP contribution in [0.15, 0.2) is 49.1 Å². The Morgan fingerprint density at radius 2 is 1.68 bits per heavy atom. The van der Waals surface area contributed by atoms with Crippen LogP contribution < -0.4 is 0 Å². The molecule has 0 aliphatic carbocycles. The lowest BCUT2D eigenvalue weighted by Gasteiger charge is -2.37. The predicted molar refractivity (Wildman–Crippen MR) is 97.2 cm³/mol. The molecule has 4 heterocycles. The maximum atomic E-state index is 5.56. The zero-order valence-electron chi connectivity index (χ0n) is 14.6. The number of likely N-dealkylation sites (tertiary alicyclic amines) is 1. The minimum atomic E-state index is 0.516. The van der Waals surface area contributed by atoms with Crippen molar-refractivity contribution in [2.75, 3.05) is 32.8 Å². The molecule has 2 saturated heterocycles. The largest absolute Gasteiger partial charge is 0.379 e. The van der Waals surface area contributed by atoms with Crippen molar-refractivity contribution in [3.8, 4) is 0 Å². The molecular weight excluding hydrogens is 312 g/mol. The summed E-state index contributed by atoms with van der Waals surface area (Å²) in [7, 11) is 0. The maximum Gasteiger partial charge on any atom is 0.0594 e.